The quantitative estimate of drug-likeness (QED) is 0.0339. The first-order valence-corrected chi connectivity index (χ1v) is 33.8. The van der Waals surface area contributed by atoms with Crippen LogP contribution in [0.4, 0.5) is 34.1 Å². The predicted molar refractivity (Wildman–Crippen MR) is 395 cm³/mol. The van der Waals surface area contributed by atoms with Gasteiger partial charge in [-0.05, 0) is 98.3 Å². The number of rotatable bonds is 29. The van der Waals surface area contributed by atoms with Gasteiger partial charge in [0.2, 0.25) is 5.91 Å². The van der Waals surface area contributed by atoms with Gasteiger partial charge in [-0.15, -0.1) is 0 Å². The number of nitrogens with one attached hydrogen (secondary N) is 3. The third kappa shape index (κ3) is 18.0. The lowest BCUT2D eigenvalue weighted by Crippen LogP contribution is -2.30. The van der Waals surface area contributed by atoms with E-state index in [-0.39, 0.29) is 31.5 Å². The Balaban J connectivity index is 0.000000155. The molecule has 6 aromatic carbocycles. The van der Waals surface area contributed by atoms with Crippen molar-refractivity contribution >= 4 is 79.0 Å². The average molecular weight is 1380 g/mol. The SMILES string of the molecule is CCCCN(c1cc(OC)cc(OC)c1)c1ccc2ncc(-c3cn[nH]c3)nc2c1.CCCN(c1cc(OC)cc(C(=O)NC)c1)c1ccc2ncc(-c3cnn(CCOC)c3)nc2c1.COc1cc(OC)cc(N(CC2CC2)c2ccc3ncc(-c4cnn(CC(=O)NCCO)c4)nc3c2)c1. The molecule has 0 radical (unpaired) electrons. The highest BCUT2D eigenvalue weighted by Crippen LogP contribution is 2.40. The highest BCUT2D eigenvalue weighted by Gasteiger charge is 2.27. The van der Waals surface area contributed by atoms with Crippen molar-refractivity contribution in [2.24, 2.45) is 5.92 Å². The van der Waals surface area contributed by atoms with Crippen LogP contribution >= 0.6 is 0 Å². The molecule has 528 valence electrons. The number of unbranched alkanes of at least 4 members (excludes halogenated alkanes) is 1. The number of hydrogen-bond acceptors (Lipinski definition) is 21. The van der Waals surface area contributed by atoms with E-state index in [4.69, 9.17) is 48.5 Å². The van der Waals surface area contributed by atoms with Gasteiger partial charge in [0.1, 0.15) is 35.3 Å². The molecular weight excluding hydrogens is 1290 g/mol. The first-order valence-electron chi connectivity index (χ1n) is 33.8. The summed E-state index contributed by atoms with van der Waals surface area (Å²) in [5, 5.41) is 29.7. The van der Waals surface area contributed by atoms with E-state index in [0.29, 0.717) is 36.1 Å². The lowest BCUT2D eigenvalue weighted by atomic mass is 10.1. The molecule has 0 aliphatic heterocycles. The van der Waals surface area contributed by atoms with Crippen molar-refractivity contribution in [2.75, 3.05) is 104 Å². The maximum Gasteiger partial charge on any atom is 0.251 e. The van der Waals surface area contributed by atoms with E-state index in [1.165, 1.54) is 17.5 Å². The van der Waals surface area contributed by atoms with E-state index in [0.717, 1.165) is 157 Å². The average Bonchev–Trinajstić information content (AvgIpc) is 1.02. The molecule has 6 heterocycles. The molecule has 0 unspecified atom stereocenters. The molecule has 0 saturated heterocycles. The van der Waals surface area contributed by atoms with Crippen LogP contribution in [-0.2, 0) is 22.6 Å². The summed E-state index contributed by atoms with van der Waals surface area (Å²) >= 11 is 0. The van der Waals surface area contributed by atoms with Crippen LogP contribution < -0.4 is 49.0 Å². The second-order valence-electron chi connectivity index (χ2n) is 24.1. The number of aromatic nitrogens is 12. The van der Waals surface area contributed by atoms with E-state index < -0.39 is 0 Å². The minimum Gasteiger partial charge on any atom is -0.497 e. The minimum absolute atomic E-state index is 0.0608. The molecule has 0 spiro atoms. The van der Waals surface area contributed by atoms with E-state index in [2.05, 4.69) is 92.7 Å². The maximum atomic E-state index is 12.3. The lowest BCUT2D eigenvalue weighted by Gasteiger charge is -2.26. The van der Waals surface area contributed by atoms with E-state index in [1.54, 1.807) is 99.2 Å². The molecule has 12 aromatic rings. The number of nitrogens with zero attached hydrogens (tertiary/aromatic N) is 14. The number of benzene rings is 6. The lowest BCUT2D eigenvalue weighted by molar-refractivity contribution is -0.122. The van der Waals surface area contributed by atoms with Crippen molar-refractivity contribution in [2.45, 2.75) is 59.0 Å². The van der Waals surface area contributed by atoms with Crippen LogP contribution in [0.2, 0.25) is 0 Å². The van der Waals surface area contributed by atoms with Gasteiger partial charge >= 0.3 is 0 Å². The van der Waals surface area contributed by atoms with E-state index in [1.807, 2.05) is 102 Å². The van der Waals surface area contributed by atoms with Gasteiger partial charge in [0, 0.05) is 158 Å². The molecule has 1 saturated carbocycles. The molecule has 102 heavy (non-hydrogen) atoms. The number of amides is 2. The highest BCUT2D eigenvalue weighted by molar-refractivity contribution is 5.96. The summed E-state index contributed by atoms with van der Waals surface area (Å²) in [4.78, 5) is 59.3. The van der Waals surface area contributed by atoms with Crippen LogP contribution in [0.1, 0.15) is 56.3 Å². The summed E-state index contributed by atoms with van der Waals surface area (Å²) in [6.45, 7) is 8.25. The van der Waals surface area contributed by atoms with Crippen LogP contribution in [-0.4, -0.2) is 166 Å². The number of methoxy groups -OCH3 is 6. The van der Waals surface area contributed by atoms with Crippen molar-refractivity contribution in [3.05, 3.63) is 171 Å². The third-order valence-electron chi connectivity index (χ3n) is 17.0. The Bertz CT molecular complexity index is 4750. The molecular formula is C76H85N17O9. The Kier molecular flexibility index (Phi) is 24.1. The van der Waals surface area contributed by atoms with Gasteiger partial charge < -0.3 is 58.9 Å². The predicted octanol–water partition coefficient (Wildman–Crippen LogP) is 12.2. The smallest absolute Gasteiger partial charge is 0.251 e. The molecule has 4 N–H and O–H groups in total. The number of ether oxygens (including phenoxy) is 6. The monoisotopic (exact) mass is 1380 g/mol. The number of hydrogen-bond donors (Lipinski definition) is 4. The number of anilines is 6. The first-order chi connectivity index (χ1) is 49.8. The van der Waals surface area contributed by atoms with Crippen LogP contribution in [0.3, 0.4) is 0 Å². The van der Waals surface area contributed by atoms with Gasteiger partial charge in [0.05, 0.1) is 143 Å². The van der Waals surface area contributed by atoms with Crippen molar-refractivity contribution < 1.29 is 43.1 Å². The molecule has 1 fully saturated rings. The second-order valence-corrected chi connectivity index (χ2v) is 24.1. The molecule has 26 heteroatoms. The second kappa shape index (κ2) is 34.3. The zero-order valence-electron chi connectivity index (χ0n) is 58.8. The van der Waals surface area contributed by atoms with E-state index in [9.17, 15) is 9.59 Å². The number of fused-ring (bicyclic) bond motifs is 3. The molecule has 1 aliphatic rings. The van der Waals surface area contributed by atoms with Crippen molar-refractivity contribution in [3.63, 3.8) is 0 Å². The van der Waals surface area contributed by atoms with Crippen LogP contribution in [0.25, 0.3) is 66.9 Å². The molecule has 6 aromatic heterocycles. The van der Waals surface area contributed by atoms with Gasteiger partial charge in [0.25, 0.3) is 5.91 Å². The highest BCUT2D eigenvalue weighted by atomic mass is 16.5. The molecule has 2 amide bonds. The molecule has 26 nitrogen and oxygen atoms in total. The molecule has 1 aliphatic carbocycles. The van der Waals surface area contributed by atoms with Gasteiger partial charge in [-0.2, -0.15) is 15.3 Å². The fraction of sp³-hybridized carbons (Fsp3) is 0.303. The normalized spacial score (nSPS) is 11.7. The standard InChI is InChI=1S/C27H30N6O4.C26H30N6O3.C23H25N5O2/c1-36-22-9-21(10-23(12-22)37-2)33(15-18-3-4-18)20-5-6-24-25(11-20)31-26(14-29-24)19-13-30-32(16-19)17-27(35)28-7-8-34;1-5-8-32(21-11-18(26(33)27-2)12-22(13-21)35-4)20-6-7-23-24(14-20)30-25(16-28-23)19-15-29-31(17-19)9-10-34-3;1-4-5-8-28(18-9-19(29-2)12-20(10-18)30-3)17-6-7-21-22(11-17)27-23(15-24-21)16-13-25-26-14-16/h5-6,9-14,16,18,34H,3-4,7-8,15,17H2,1-2H3,(H,28,35);6-7,11-17H,5,8-10H2,1-4H3,(H,27,33);6-7,9-15H,4-5,8H2,1-3H3,(H,25,26). The fourth-order valence-electron chi connectivity index (χ4n) is 11.4. The Hall–Kier alpha value is -11.8. The van der Waals surface area contributed by atoms with Crippen molar-refractivity contribution in [3.8, 4) is 62.5 Å². The van der Waals surface area contributed by atoms with Gasteiger partial charge in [-0.25, -0.2) is 15.0 Å². The van der Waals surface area contributed by atoms with Crippen molar-refractivity contribution in [1.29, 1.82) is 0 Å². The van der Waals surface area contributed by atoms with Gasteiger partial charge in [-0.1, -0.05) is 20.3 Å². The third-order valence-corrected chi connectivity index (χ3v) is 17.0. The summed E-state index contributed by atoms with van der Waals surface area (Å²) in [5.74, 6) is 3.87. The number of aliphatic hydroxyl groups excluding tert-OH is 1. The largest absolute Gasteiger partial charge is 0.497 e. The van der Waals surface area contributed by atoms with Crippen LogP contribution in [0.15, 0.2) is 165 Å². The summed E-state index contributed by atoms with van der Waals surface area (Å²) in [6, 6.07) is 35.6. The number of aliphatic hydroxyl groups is 1. The van der Waals surface area contributed by atoms with Crippen molar-refractivity contribution in [1.82, 2.24) is 70.3 Å². The first kappa shape index (κ1) is 71.5. The zero-order valence-corrected chi connectivity index (χ0v) is 58.8. The van der Waals surface area contributed by atoms with Crippen LogP contribution in [0, 0.1) is 5.92 Å². The zero-order chi connectivity index (χ0) is 71.5. The number of aromatic amines is 1. The summed E-state index contributed by atoms with van der Waals surface area (Å²) in [5.41, 5.74) is 16.0. The topological polar surface area (TPSA) is 285 Å². The summed E-state index contributed by atoms with van der Waals surface area (Å²) in [7, 11) is 11.5. The minimum atomic E-state index is -0.220. The van der Waals surface area contributed by atoms with Gasteiger partial charge in [0.15, 0.2) is 0 Å². The summed E-state index contributed by atoms with van der Waals surface area (Å²) < 4.78 is 35.9. The van der Waals surface area contributed by atoms with Crippen LogP contribution in [0.5, 0.6) is 28.7 Å². The number of carbonyl (C=O) groups is 2. The Morgan fingerprint density at radius 3 is 1.49 bits per heavy atom. The number of carbonyl (C=O) groups excluding carboxylic acids is 2. The molecule has 0 atom stereocenters. The van der Waals surface area contributed by atoms with E-state index >= 15 is 0 Å². The Labute approximate surface area is 591 Å². The van der Waals surface area contributed by atoms with Gasteiger partial charge in [-0.3, -0.25) is 39.0 Å². The Morgan fingerprint density at radius 2 is 1.02 bits per heavy atom. The maximum absolute atomic E-state index is 12.3. The molecule has 13 rings (SSSR count). The number of H-pyrrole nitrogens is 1. The molecule has 0 bridgehead atoms. The fourth-order valence-corrected chi connectivity index (χ4v) is 11.4. The summed E-state index contributed by atoms with van der Waals surface area (Å²) in [6.07, 6.45) is 21.5. The Morgan fingerprint density at radius 1 is 0.539 bits per heavy atom.